The monoisotopic (exact) mass is 267 g/mol. The third kappa shape index (κ3) is 2.13. The number of aromatic nitrogens is 2. The Kier molecular flexibility index (Phi) is 2.44. The summed E-state index contributed by atoms with van der Waals surface area (Å²) in [5.74, 6) is 0.419. The summed E-state index contributed by atoms with van der Waals surface area (Å²) in [6, 6.07) is 5.38. The van der Waals surface area contributed by atoms with Crippen molar-refractivity contribution in [2.24, 2.45) is 0 Å². The van der Waals surface area contributed by atoms with Gasteiger partial charge in [-0.05, 0) is 24.6 Å². The quantitative estimate of drug-likeness (QED) is 0.736. The summed E-state index contributed by atoms with van der Waals surface area (Å²) in [5, 5.41) is 3.18. The maximum Gasteiger partial charge on any atom is 0.323 e. The second-order valence-corrected chi connectivity index (χ2v) is 6.81. The molecule has 3 rings (SSSR count). The van der Waals surface area contributed by atoms with Gasteiger partial charge in [0.05, 0.1) is 22.5 Å². The van der Waals surface area contributed by atoms with Gasteiger partial charge in [0.1, 0.15) is 0 Å². The molecule has 0 amide bonds. The molecule has 6 nitrogen and oxygen atoms in total. The summed E-state index contributed by atoms with van der Waals surface area (Å²) >= 11 is 0. The number of nitrogens with one attached hydrogen (secondary N) is 3. The van der Waals surface area contributed by atoms with Crippen molar-refractivity contribution in [1.29, 1.82) is 0 Å². The number of aromatic amines is 2. The zero-order chi connectivity index (χ0) is 12.8. The van der Waals surface area contributed by atoms with E-state index in [-0.39, 0.29) is 23.2 Å². The van der Waals surface area contributed by atoms with E-state index in [4.69, 9.17) is 0 Å². The van der Waals surface area contributed by atoms with Crippen LogP contribution in [0.25, 0.3) is 11.0 Å². The number of hydrogen-bond acceptors (Lipinski definition) is 4. The summed E-state index contributed by atoms with van der Waals surface area (Å²) in [7, 11) is -2.88. The number of rotatable bonds is 2. The van der Waals surface area contributed by atoms with Crippen molar-refractivity contribution < 1.29 is 8.42 Å². The molecule has 1 unspecified atom stereocenters. The summed E-state index contributed by atoms with van der Waals surface area (Å²) in [5.41, 5.74) is 2.03. The van der Waals surface area contributed by atoms with Crippen molar-refractivity contribution in [3.63, 3.8) is 0 Å². The molecule has 1 aliphatic heterocycles. The lowest BCUT2D eigenvalue weighted by Crippen LogP contribution is -2.20. The van der Waals surface area contributed by atoms with Crippen LogP contribution in [0, 0.1) is 0 Å². The van der Waals surface area contributed by atoms with Crippen LogP contribution in [0.1, 0.15) is 6.42 Å². The van der Waals surface area contributed by atoms with Gasteiger partial charge in [-0.2, -0.15) is 0 Å². The molecule has 0 bridgehead atoms. The minimum absolute atomic E-state index is 0.0434. The molecule has 0 spiro atoms. The van der Waals surface area contributed by atoms with Gasteiger partial charge in [0.2, 0.25) is 0 Å². The predicted octanol–water partition coefficient (Wildman–Crippen LogP) is 0.455. The van der Waals surface area contributed by atoms with Gasteiger partial charge in [0.15, 0.2) is 9.84 Å². The Morgan fingerprint density at radius 3 is 2.72 bits per heavy atom. The van der Waals surface area contributed by atoms with Gasteiger partial charge in [-0.15, -0.1) is 0 Å². The first-order valence-corrected chi connectivity index (χ1v) is 7.53. The van der Waals surface area contributed by atoms with Crippen LogP contribution >= 0.6 is 0 Å². The van der Waals surface area contributed by atoms with Crippen LogP contribution in [-0.2, 0) is 9.84 Å². The summed E-state index contributed by atoms with van der Waals surface area (Å²) in [6.45, 7) is 0. The Hall–Kier alpha value is -1.76. The van der Waals surface area contributed by atoms with Crippen LogP contribution in [0.3, 0.4) is 0 Å². The smallest absolute Gasteiger partial charge is 0.323 e. The van der Waals surface area contributed by atoms with Crippen molar-refractivity contribution in [3.05, 3.63) is 28.7 Å². The summed E-state index contributed by atoms with van der Waals surface area (Å²) < 4.78 is 22.7. The van der Waals surface area contributed by atoms with E-state index in [0.717, 1.165) is 11.2 Å². The molecule has 7 heteroatoms. The molecule has 1 aromatic carbocycles. The van der Waals surface area contributed by atoms with Crippen molar-refractivity contribution in [2.75, 3.05) is 16.8 Å². The molecular weight excluding hydrogens is 254 g/mol. The number of anilines is 1. The molecule has 2 heterocycles. The summed E-state index contributed by atoms with van der Waals surface area (Å²) in [6.07, 6.45) is 0.629. The van der Waals surface area contributed by atoms with Gasteiger partial charge in [0, 0.05) is 11.7 Å². The van der Waals surface area contributed by atoms with Crippen LogP contribution in [-0.4, -0.2) is 35.9 Å². The van der Waals surface area contributed by atoms with E-state index in [1.807, 2.05) is 6.07 Å². The maximum absolute atomic E-state index is 11.4. The molecule has 1 aliphatic rings. The van der Waals surface area contributed by atoms with Gasteiger partial charge in [-0.25, -0.2) is 13.2 Å². The molecule has 3 N–H and O–H groups in total. The first kappa shape index (κ1) is 11.3. The third-order valence-electron chi connectivity index (χ3n) is 3.12. The molecule has 96 valence electrons. The van der Waals surface area contributed by atoms with Crippen molar-refractivity contribution >= 4 is 26.6 Å². The standard InChI is InChI=1S/C11H13N3O3S/c15-11-13-9-2-1-7(5-10(9)14-11)12-8-3-4-18(16,17)6-8/h1-2,5,8,12H,3-4,6H2,(H2,13,14,15). The van der Waals surface area contributed by atoms with Gasteiger partial charge in [-0.1, -0.05) is 0 Å². The minimum atomic E-state index is -2.88. The molecule has 2 aromatic rings. The Labute approximate surface area is 103 Å². The van der Waals surface area contributed by atoms with Crippen LogP contribution in [0.5, 0.6) is 0 Å². The Morgan fingerprint density at radius 1 is 1.22 bits per heavy atom. The number of sulfone groups is 1. The van der Waals surface area contributed by atoms with E-state index in [9.17, 15) is 13.2 Å². The van der Waals surface area contributed by atoms with Crippen molar-refractivity contribution in [2.45, 2.75) is 12.5 Å². The van der Waals surface area contributed by atoms with E-state index >= 15 is 0 Å². The molecule has 1 fully saturated rings. The molecule has 0 saturated carbocycles. The molecule has 18 heavy (non-hydrogen) atoms. The molecule has 1 saturated heterocycles. The van der Waals surface area contributed by atoms with Crippen LogP contribution in [0.15, 0.2) is 23.0 Å². The van der Waals surface area contributed by atoms with E-state index in [2.05, 4.69) is 15.3 Å². The topological polar surface area (TPSA) is 94.8 Å². The number of imidazole rings is 1. The highest BCUT2D eigenvalue weighted by Crippen LogP contribution is 2.19. The fraction of sp³-hybridized carbons (Fsp3) is 0.364. The number of hydrogen-bond donors (Lipinski definition) is 3. The van der Waals surface area contributed by atoms with E-state index in [1.165, 1.54) is 0 Å². The molecule has 0 radical (unpaired) electrons. The maximum atomic E-state index is 11.4. The largest absolute Gasteiger partial charge is 0.381 e. The highest BCUT2D eigenvalue weighted by molar-refractivity contribution is 7.91. The lowest BCUT2D eigenvalue weighted by atomic mass is 10.2. The van der Waals surface area contributed by atoms with Gasteiger partial charge >= 0.3 is 5.69 Å². The van der Waals surface area contributed by atoms with Gasteiger partial charge in [0.25, 0.3) is 0 Å². The average Bonchev–Trinajstić information content (AvgIpc) is 2.80. The van der Waals surface area contributed by atoms with E-state index < -0.39 is 9.84 Å². The van der Waals surface area contributed by atoms with Crippen LogP contribution < -0.4 is 11.0 Å². The minimum Gasteiger partial charge on any atom is -0.381 e. The lowest BCUT2D eigenvalue weighted by molar-refractivity contribution is 0.602. The highest BCUT2D eigenvalue weighted by Gasteiger charge is 2.27. The Bertz CT molecular complexity index is 744. The Balaban J connectivity index is 1.85. The number of benzene rings is 1. The third-order valence-corrected chi connectivity index (χ3v) is 4.89. The molecule has 0 aliphatic carbocycles. The van der Waals surface area contributed by atoms with Crippen molar-refractivity contribution in [1.82, 2.24) is 9.97 Å². The van der Waals surface area contributed by atoms with Crippen LogP contribution in [0.2, 0.25) is 0 Å². The van der Waals surface area contributed by atoms with Crippen LogP contribution in [0.4, 0.5) is 5.69 Å². The average molecular weight is 267 g/mol. The molecule has 1 aromatic heterocycles. The SMILES string of the molecule is O=c1[nH]c2ccc(NC3CCS(=O)(=O)C3)cc2[nH]1. The van der Waals surface area contributed by atoms with Gasteiger partial charge < -0.3 is 15.3 Å². The highest BCUT2D eigenvalue weighted by atomic mass is 32.2. The number of fused-ring (bicyclic) bond motifs is 1. The first-order chi connectivity index (χ1) is 8.52. The second-order valence-electron chi connectivity index (χ2n) is 4.58. The van der Waals surface area contributed by atoms with E-state index in [1.54, 1.807) is 12.1 Å². The fourth-order valence-corrected chi connectivity index (χ4v) is 3.94. The fourth-order valence-electron chi connectivity index (χ4n) is 2.27. The zero-order valence-corrected chi connectivity index (χ0v) is 10.4. The van der Waals surface area contributed by atoms with Gasteiger partial charge in [-0.3, -0.25) is 0 Å². The first-order valence-electron chi connectivity index (χ1n) is 5.71. The van der Waals surface area contributed by atoms with Crippen molar-refractivity contribution in [3.8, 4) is 0 Å². The molecular formula is C11H13N3O3S. The zero-order valence-electron chi connectivity index (χ0n) is 9.56. The normalized spacial score (nSPS) is 22.3. The Morgan fingerprint density at radius 2 is 2.00 bits per heavy atom. The lowest BCUT2D eigenvalue weighted by Gasteiger charge is -2.12. The second kappa shape index (κ2) is 3.88. The number of H-pyrrole nitrogens is 2. The molecule has 1 atom stereocenters. The summed E-state index contributed by atoms with van der Waals surface area (Å²) in [4.78, 5) is 16.4. The van der Waals surface area contributed by atoms with E-state index in [0.29, 0.717) is 11.9 Å². The predicted molar refractivity (Wildman–Crippen MR) is 69.6 cm³/mol.